The molecule has 1 aliphatic rings. The van der Waals surface area contributed by atoms with E-state index in [-0.39, 0.29) is 23.8 Å². The highest BCUT2D eigenvalue weighted by atomic mass is 19.1. The molecule has 6 nitrogen and oxygen atoms in total. The first kappa shape index (κ1) is 15.0. The van der Waals surface area contributed by atoms with E-state index >= 15 is 0 Å². The second-order valence-electron chi connectivity index (χ2n) is 5.25. The lowest BCUT2D eigenvalue weighted by Gasteiger charge is -2.05. The van der Waals surface area contributed by atoms with Gasteiger partial charge in [0.2, 0.25) is 5.78 Å². The number of aliphatic hydroxyl groups is 1. The molecule has 118 valence electrons. The second-order valence-corrected chi connectivity index (χ2v) is 5.25. The summed E-state index contributed by atoms with van der Waals surface area (Å²) in [4.78, 5) is 28.9. The maximum absolute atomic E-state index is 12.9. The van der Waals surface area contributed by atoms with Crippen LogP contribution in [0.1, 0.15) is 22.0 Å². The van der Waals surface area contributed by atoms with Gasteiger partial charge in [0, 0.05) is 13.5 Å². The molecular weight excluding hydrogens is 303 g/mol. The molecule has 0 radical (unpaired) electrons. The Morgan fingerprint density at radius 3 is 2.70 bits per heavy atom. The Labute approximate surface area is 130 Å². The van der Waals surface area contributed by atoms with Gasteiger partial charge < -0.3 is 14.4 Å². The molecule has 1 aromatic heterocycles. The fraction of sp³-hybridized carbons (Fsp3) is 0.188. The Bertz CT molecular complexity index is 808. The Morgan fingerprint density at radius 2 is 2.09 bits per heavy atom. The van der Waals surface area contributed by atoms with E-state index < -0.39 is 17.4 Å². The van der Waals surface area contributed by atoms with Gasteiger partial charge in [-0.3, -0.25) is 9.59 Å². The number of hydrogen-bond acceptors (Lipinski definition) is 5. The molecule has 0 atom stereocenters. The highest BCUT2D eigenvalue weighted by molar-refractivity contribution is 6.13. The molecule has 1 aromatic carbocycles. The zero-order valence-electron chi connectivity index (χ0n) is 12.2. The number of likely N-dealkylation sites (N-methyl/N-ethyl adjacent to an activating group) is 1. The van der Waals surface area contributed by atoms with Crippen molar-refractivity contribution in [1.82, 2.24) is 9.88 Å². The van der Waals surface area contributed by atoms with E-state index in [1.807, 2.05) is 0 Å². The SMILES string of the molecule is CN1CC(C(=O)c2ncc(Cc3ccc(F)cc3)o2)=C(O)C1=O. The minimum Gasteiger partial charge on any atom is -0.503 e. The number of aliphatic hydroxyl groups excluding tert-OH is 1. The molecule has 0 fully saturated rings. The summed E-state index contributed by atoms with van der Waals surface area (Å²) >= 11 is 0. The standard InChI is InChI=1S/C16H13FN2O4/c1-19-8-12(14(21)16(19)22)13(20)15-18-7-11(23-15)6-9-2-4-10(17)5-3-9/h2-5,7,21H,6,8H2,1H3. The van der Waals surface area contributed by atoms with Crippen LogP contribution in [0.5, 0.6) is 0 Å². The van der Waals surface area contributed by atoms with Crippen LogP contribution in [0.25, 0.3) is 0 Å². The molecule has 23 heavy (non-hydrogen) atoms. The Hall–Kier alpha value is -2.96. The monoisotopic (exact) mass is 316 g/mol. The van der Waals surface area contributed by atoms with Crippen molar-refractivity contribution in [2.24, 2.45) is 0 Å². The van der Waals surface area contributed by atoms with Gasteiger partial charge in [0.05, 0.1) is 18.3 Å². The molecule has 2 heterocycles. The Balaban J connectivity index is 1.78. The lowest BCUT2D eigenvalue weighted by atomic mass is 10.1. The van der Waals surface area contributed by atoms with Crippen molar-refractivity contribution in [3.63, 3.8) is 0 Å². The van der Waals surface area contributed by atoms with Gasteiger partial charge >= 0.3 is 0 Å². The fourth-order valence-corrected chi connectivity index (χ4v) is 2.30. The topological polar surface area (TPSA) is 83.6 Å². The number of hydrogen-bond donors (Lipinski definition) is 1. The van der Waals surface area contributed by atoms with Crippen LogP contribution in [0.4, 0.5) is 4.39 Å². The van der Waals surface area contributed by atoms with E-state index in [1.54, 1.807) is 12.1 Å². The number of ketones is 1. The molecule has 1 amide bonds. The van der Waals surface area contributed by atoms with E-state index in [2.05, 4.69) is 4.98 Å². The summed E-state index contributed by atoms with van der Waals surface area (Å²) in [6.07, 6.45) is 1.75. The number of Topliss-reactive ketones (excluding diaryl/α,β-unsaturated/α-hetero) is 1. The molecule has 0 bridgehead atoms. The summed E-state index contributed by atoms with van der Waals surface area (Å²) in [7, 11) is 1.48. The zero-order chi connectivity index (χ0) is 16.6. The first-order valence-electron chi connectivity index (χ1n) is 6.87. The molecule has 0 saturated heterocycles. The predicted octanol–water partition coefficient (Wildman–Crippen LogP) is 1.87. The van der Waals surface area contributed by atoms with Crippen molar-refractivity contribution in [3.8, 4) is 0 Å². The lowest BCUT2D eigenvalue weighted by molar-refractivity contribution is -0.126. The number of rotatable bonds is 4. The number of oxazole rings is 1. The average Bonchev–Trinajstić information content (AvgIpc) is 3.10. The molecule has 2 aromatic rings. The van der Waals surface area contributed by atoms with Crippen LogP contribution < -0.4 is 0 Å². The number of nitrogens with zero attached hydrogens (tertiary/aromatic N) is 2. The minimum atomic E-state index is -0.620. The molecule has 7 heteroatoms. The summed E-state index contributed by atoms with van der Waals surface area (Å²) in [5.74, 6) is -1.89. The van der Waals surface area contributed by atoms with Crippen molar-refractivity contribution in [2.45, 2.75) is 6.42 Å². The quantitative estimate of drug-likeness (QED) is 0.871. The number of aromatic nitrogens is 1. The summed E-state index contributed by atoms with van der Waals surface area (Å²) in [6, 6.07) is 5.89. The third-order valence-corrected chi connectivity index (χ3v) is 3.54. The maximum atomic E-state index is 12.9. The average molecular weight is 316 g/mol. The van der Waals surface area contributed by atoms with E-state index in [4.69, 9.17) is 4.42 Å². The van der Waals surface area contributed by atoms with Gasteiger partial charge in [-0.05, 0) is 17.7 Å². The molecule has 0 saturated carbocycles. The summed E-state index contributed by atoms with van der Waals surface area (Å²) in [6.45, 7) is 0.0131. The van der Waals surface area contributed by atoms with Crippen molar-refractivity contribution in [3.05, 3.63) is 64.8 Å². The van der Waals surface area contributed by atoms with E-state index in [1.165, 1.54) is 30.3 Å². The van der Waals surface area contributed by atoms with Gasteiger partial charge in [-0.1, -0.05) is 12.1 Å². The van der Waals surface area contributed by atoms with Gasteiger partial charge in [-0.2, -0.15) is 0 Å². The van der Waals surface area contributed by atoms with Gasteiger partial charge in [-0.15, -0.1) is 0 Å². The molecule has 3 rings (SSSR count). The van der Waals surface area contributed by atoms with Crippen LogP contribution >= 0.6 is 0 Å². The largest absolute Gasteiger partial charge is 0.503 e. The van der Waals surface area contributed by atoms with Crippen molar-refractivity contribution < 1.29 is 23.5 Å². The highest BCUT2D eigenvalue weighted by Gasteiger charge is 2.33. The first-order chi connectivity index (χ1) is 11.0. The van der Waals surface area contributed by atoms with E-state index in [0.29, 0.717) is 12.2 Å². The number of carbonyl (C=O) groups excluding carboxylic acids is 2. The van der Waals surface area contributed by atoms with Crippen LogP contribution in [0.3, 0.4) is 0 Å². The minimum absolute atomic E-state index is 0.0131. The highest BCUT2D eigenvalue weighted by Crippen LogP contribution is 2.20. The van der Waals surface area contributed by atoms with Crippen molar-refractivity contribution in [2.75, 3.05) is 13.6 Å². The lowest BCUT2D eigenvalue weighted by Crippen LogP contribution is -2.22. The second kappa shape index (κ2) is 5.68. The third-order valence-electron chi connectivity index (χ3n) is 3.54. The molecular formula is C16H13FN2O4. The summed E-state index contributed by atoms with van der Waals surface area (Å²) < 4.78 is 18.2. The number of carbonyl (C=O) groups is 2. The maximum Gasteiger partial charge on any atom is 0.289 e. The number of amides is 1. The van der Waals surface area contributed by atoms with Crippen molar-refractivity contribution >= 4 is 11.7 Å². The molecule has 0 unspecified atom stereocenters. The van der Waals surface area contributed by atoms with Crippen LogP contribution in [0.2, 0.25) is 0 Å². The molecule has 1 N–H and O–H groups in total. The molecule has 0 aliphatic carbocycles. The van der Waals surface area contributed by atoms with Crippen LogP contribution in [0, 0.1) is 5.82 Å². The fourth-order valence-electron chi connectivity index (χ4n) is 2.30. The smallest absolute Gasteiger partial charge is 0.289 e. The van der Waals surface area contributed by atoms with Crippen LogP contribution in [0.15, 0.2) is 46.2 Å². The van der Waals surface area contributed by atoms with Gasteiger partial charge in [0.15, 0.2) is 5.76 Å². The van der Waals surface area contributed by atoms with Crippen LogP contribution in [-0.2, 0) is 11.2 Å². The van der Waals surface area contributed by atoms with E-state index in [9.17, 15) is 19.1 Å². The Kier molecular flexibility index (Phi) is 3.69. The molecule has 1 aliphatic heterocycles. The van der Waals surface area contributed by atoms with Crippen molar-refractivity contribution in [1.29, 1.82) is 0 Å². The van der Waals surface area contributed by atoms with Gasteiger partial charge in [-0.25, -0.2) is 9.37 Å². The van der Waals surface area contributed by atoms with Gasteiger partial charge in [0.25, 0.3) is 11.8 Å². The summed E-state index contributed by atoms with van der Waals surface area (Å²) in [5, 5.41) is 9.69. The number of benzene rings is 1. The summed E-state index contributed by atoms with van der Waals surface area (Å²) in [5.41, 5.74) is 0.770. The number of halogens is 1. The first-order valence-corrected chi connectivity index (χ1v) is 6.87. The van der Waals surface area contributed by atoms with Crippen LogP contribution in [-0.4, -0.2) is 40.3 Å². The normalized spacial score (nSPS) is 14.7. The zero-order valence-corrected chi connectivity index (χ0v) is 12.2. The Morgan fingerprint density at radius 1 is 1.39 bits per heavy atom. The van der Waals surface area contributed by atoms with E-state index in [0.717, 1.165) is 5.56 Å². The predicted molar refractivity (Wildman–Crippen MR) is 77.3 cm³/mol. The third kappa shape index (κ3) is 2.85. The molecule has 0 spiro atoms. The van der Waals surface area contributed by atoms with Gasteiger partial charge in [0.1, 0.15) is 11.6 Å².